The molecule has 0 spiro atoms. The first kappa shape index (κ1) is 17.3. The third kappa shape index (κ3) is 5.28. The minimum atomic E-state index is -4.89. The molecule has 118 valence electrons. The Bertz CT molecular complexity index is 474. The molecular formula is C13H13F6NO. The lowest BCUT2D eigenvalue weighted by atomic mass is 10.0. The molecule has 21 heavy (non-hydrogen) atoms. The summed E-state index contributed by atoms with van der Waals surface area (Å²) in [5, 5.41) is 2.28. The van der Waals surface area contributed by atoms with E-state index in [2.05, 4.69) is 5.32 Å². The molecule has 0 radical (unpaired) electrons. The molecule has 0 atom stereocenters. The lowest BCUT2D eigenvalue weighted by molar-refractivity contribution is -0.143. The first-order valence-corrected chi connectivity index (χ1v) is 6.09. The molecule has 1 aromatic carbocycles. The molecule has 0 saturated heterocycles. The molecule has 1 amide bonds. The first-order chi connectivity index (χ1) is 9.54. The maximum atomic E-state index is 12.6. The highest BCUT2D eigenvalue weighted by molar-refractivity contribution is 5.75. The summed E-state index contributed by atoms with van der Waals surface area (Å²) in [7, 11) is 0. The van der Waals surface area contributed by atoms with E-state index in [0.717, 1.165) is 0 Å². The highest BCUT2D eigenvalue weighted by atomic mass is 19.4. The Labute approximate surface area is 117 Å². The van der Waals surface area contributed by atoms with Crippen molar-refractivity contribution >= 4 is 5.91 Å². The van der Waals surface area contributed by atoms with E-state index in [1.54, 1.807) is 6.92 Å². The molecule has 8 heteroatoms. The number of hydrogen-bond acceptors (Lipinski definition) is 1. The van der Waals surface area contributed by atoms with Crippen molar-refractivity contribution in [3.8, 4) is 0 Å². The SMILES string of the molecule is CCCC(=O)NCc1cc(C(F)(F)F)cc(C(F)(F)F)c1. The van der Waals surface area contributed by atoms with Gasteiger partial charge in [-0.15, -0.1) is 0 Å². The van der Waals surface area contributed by atoms with Gasteiger partial charge in [0, 0.05) is 13.0 Å². The van der Waals surface area contributed by atoms with Crippen molar-refractivity contribution in [3.05, 3.63) is 34.9 Å². The summed E-state index contributed by atoms with van der Waals surface area (Å²) in [4.78, 5) is 11.2. The van der Waals surface area contributed by atoms with Gasteiger partial charge in [-0.3, -0.25) is 4.79 Å². The quantitative estimate of drug-likeness (QED) is 0.832. The minimum Gasteiger partial charge on any atom is -0.352 e. The first-order valence-electron chi connectivity index (χ1n) is 6.09. The molecule has 0 aliphatic carbocycles. The normalized spacial score (nSPS) is 12.3. The van der Waals surface area contributed by atoms with E-state index in [4.69, 9.17) is 0 Å². The average Bonchev–Trinajstić information content (AvgIpc) is 2.34. The van der Waals surface area contributed by atoms with E-state index in [9.17, 15) is 31.1 Å². The van der Waals surface area contributed by atoms with Crippen molar-refractivity contribution < 1.29 is 31.1 Å². The summed E-state index contributed by atoms with van der Waals surface area (Å²) in [5.41, 5.74) is -3.03. The van der Waals surface area contributed by atoms with Crippen LogP contribution in [0.4, 0.5) is 26.3 Å². The van der Waals surface area contributed by atoms with Crippen LogP contribution >= 0.6 is 0 Å². The van der Waals surface area contributed by atoms with Gasteiger partial charge in [0.05, 0.1) is 11.1 Å². The van der Waals surface area contributed by atoms with Gasteiger partial charge in [0.25, 0.3) is 0 Å². The van der Waals surface area contributed by atoms with Crippen LogP contribution in [0.1, 0.15) is 36.5 Å². The number of halogens is 6. The van der Waals surface area contributed by atoms with Crippen LogP contribution in [0, 0.1) is 0 Å². The van der Waals surface area contributed by atoms with Crippen LogP contribution in [-0.2, 0) is 23.7 Å². The van der Waals surface area contributed by atoms with Gasteiger partial charge in [0.15, 0.2) is 0 Å². The standard InChI is InChI=1S/C13H13F6NO/c1-2-3-11(21)20-7-8-4-9(12(14,15)16)6-10(5-8)13(17,18)19/h4-6H,2-3,7H2,1H3,(H,20,21). The zero-order valence-corrected chi connectivity index (χ0v) is 11.0. The Balaban J connectivity index is 3.06. The molecule has 0 unspecified atom stereocenters. The largest absolute Gasteiger partial charge is 0.416 e. The van der Waals surface area contributed by atoms with Crippen LogP contribution in [-0.4, -0.2) is 5.91 Å². The van der Waals surface area contributed by atoms with Crippen LogP contribution in [0.25, 0.3) is 0 Å². The summed E-state index contributed by atoms with van der Waals surface area (Å²) in [5.74, 6) is -0.427. The second-order valence-electron chi connectivity index (χ2n) is 4.44. The molecule has 0 aromatic heterocycles. The summed E-state index contributed by atoms with van der Waals surface area (Å²) in [6.45, 7) is 1.34. The monoisotopic (exact) mass is 313 g/mol. The third-order valence-corrected chi connectivity index (χ3v) is 2.61. The Morgan fingerprint density at radius 2 is 1.48 bits per heavy atom. The second kappa shape index (κ2) is 6.36. The van der Waals surface area contributed by atoms with E-state index in [1.165, 1.54) is 0 Å². The molecule has 1 N–H and O–H groups in total. The van der Waals surface area contributed by atoms with Gasteiger partial charge in [-0.1, -0.05) is 6.92 Å². The van der Waals surface area contributed by atoms with Crippen LogP contribution in [0.2, 0.25) is 0 Å². The van der Waals surface area contributed by atoms with Crippen molar-refractivity contribution in [1.82, 2.24) is 5.32 Å². The van der Waals surface area contributed by atoms with Gasteiger partial charge in [-0.2, -0.15) is 26.3 Å². The highest BCUT2D eigenvalue weighted by Gasteiger charge is 2.36. The van der Waals surface area contributed by atoms with Crippen molar-refractivity contribution in [3.63, 3.8) is 0 Å². The molecule has 0 saturated carbocycles. The van der Waals surface area contributed by atoms with E-state index in [-0.39, 0.29) is 24.6 Å². The fourth-order valence-electron chi connectivity index (χ4n) is 1.64. The molecular weight excluding hydrogens is 300 g/mol. The van der Waals surface area contributed by atoms with Gasteiger partial charge in [-0.25, -0.2) is 0 Å². The molecule has 2 nitrogen and oxygen atoms in total. The van der Waals surface area contributed by atoms with Crippen LogP contribution in [0.15, 0.2) is 18.2 Å². The fraction of sp³-hybridized carbons (Fsp3) is 0.462. The van der Waals surface area contributed by atoms with Crippen LogP contribution in [0.5, 0.6) is 0 Å². The number of hydrogen-bond donors (Lipinski definition) is 1. The lowest BCUT2D eigenvalue weighted by Gasteiger charge is -2.14. The predicted molar refractivity (Wildman–Crippen MR) is 63.2 cm³/mol. The van der Waals surface area contributed by atoms with Gasteiger partial charge < -0.3 is 5.32 Å². The maximum absolute atomic E-state index is 12.6. The Kier molecular flexibility index (Phi) is 5.25. The number of carbonyl (C=O) groups excluding carboxylic acids is 1. The number of amides is 1. The zero-order chi connectivity index (χ0) is 16.3. The number of rotatable bonds is 4. The van der Waals surface area contributed by atoms with Gasteiger partial charge >= 0.3 is 12.4 Å². The summed E-state index contributed by atoms with van der Waals surface area (Å²) in [6.07, 6.45) is -9.08. The average molecular weight is 313 g/mol. The number of alkyl halides is 6. The number of benzene rings is 1. The molecule has 0 fully saturated rings. The van der Waals surface area contributed by atoms with Gasteiger partial charge in [0.2, 0.25) is 5.91 Å². The zero-order valence-electron chi connectivity index (χ0n) is 11.0. The lowest BCUT2D eigenvalue weighted by Crippen LogP contribution is -2.23. The van der Waals surface area contributed by atoms with Crippen molar-refractivity contribution in [2.45, 2.75) is 38.7 Å². The van der Waals surface area contributed by atoms with Crippen molar-refractivity contribution in [2.24, 2.45) is 0 Å². The highest BCUT2D eigenvalue weighted by Crippen LogP contribution is 2.36. The molecule has 1 aromatic rings. The number of nitrogens with one attached hydrogen (secondary N) is 1. The third-order valence-electron chi connectivity index (χ3n) is 2.61. The molecule has 0 aliphatic rings. The smallest absolute Gasteiger partial charge is 0.352 e. The van der Waals surface area contributed by atoms with Crippen LogP contribution in [0.3, 0.4) is 0 Å². The van der Waals surface area contributed by atoms with Gasteiger partial charge in [-0.05, 0) is 30.2 Å². The van der Waals surface area contributed by atoms with E-state index < -0.39 is 29.4 Å². The summed E-state index contributed by atoms with van der Waals surface area (Å²) >= 11 is 0. The Morgan fingerprint density at radius 1 is 1.00 bits per heavy atom. The van der Waals surface area contributed by atoms with E-state index in [1.807, 2.05) is 0 Å². The molecule has 0 bridgehead atoms. The van der Waals surface area contributed by atoms with Crippen molar-refractivity contribution in [2.75, 3.05) is 0 Å². The van der Waals surface area contributed by atoms with Gasteiger partial charge in [0.1, 0.15) is 0 Å². The maximum Gasteiger partial charge on any atom is 0.416 e. The fourth-order valence-corrected chi connectivity index (χ4v) is 1.64. The minimum absolute atomic E-state index is 0.0529. The Morgan fingerprint density at radius 3 is 1.86 bits per heavy atom. The molecule has 0 heterocycles. The topological polar surface area (TPSA) is 29.1 Å². The van der Waals surface area contributed by atoms with E-state index in [0.29, 0.717) is 18.6 Å². The summed E-state index contributed by atoms with van der Waals surface area (Å²) < 4.78 is 75.6. The van der Waals surface area contributed by atoms with Crippen molar-refractivity contribution in [1.29, 1.82) is 0 Å². The Hall–Kier alpha value is -1.73. The van der Waals surface area contributed by atoms with E-state index >= 15 is 0 Å². The van der Waals surface area contributed by atoms with Crippen LogP contribution < -0.4 is 5.32 Å². The molecule has 1 rings (SSSR count). The number of carbonyl (C=O) groups is 1. The predicted octanol–water partition coefficient (Wildman–Crippen LogP) is 4.14. The summed E-state index contributed by atoms with van der Waals surface area (Å²) in [6, 6.07) is 1.25. The second-order valence-corrected chi connectivity index (χ2v) is 4.44. The molecule has 0 aliphatic heterocycles.